The lowest BCUT2D eigenvalue weighted by molar-refractivity contribution is 0.199. The number of piperidine rings is 1. The molecule has 2 rings (SSSR count). The summed E-state index contributed by atoms with van der Waals surface area (Å²) in [5.74, 6) is 1.68. The lowest BCUT2D eigenvalue weighted by atomic mass is 9.74. The van der Waals surface area contributed by atoms with E-state index in [1.165, 1.54) is 36.8 Å². The first kappa shape index (κ1) is 15.6. The van der Waals surface area contributed by atoms with E-state index in [2.05, 4.69) is 38.7 Å². The van der Waals surface area contributed by atoms with Crippen molar-refractivity contribution in [3.63, 3.8) is 0 Å². The van der Waals surface area contributed by atoms with Crippen LogP contribution in [-0.4, -0.2) is 18.1 Å². The highest BCUT2D eigenvalue weighted by atomic mass is 35.5. The van der Waals surface area contributed by atoms with Crippen molar-refractivity contribution in [2.75, 3.05) is 18.0 Å². The molecule has 1 saturated heterocycles. The molecule has 2 nitrogen and oxygen atoms in total. The number of aromatic nitrogens is 1. The molecule has 2 heterocycles. The Labute approximate surface area is 128 Å². The van der Waals surface area contributed by atoms with E-state index < -0.39 is 0 Å². The van der Waals surface area contributed by atoms with Crippen LogP contribution in [0.25, 0.3) is 0 Å². The molecule has 3 heteroatoms. The van der Waals surface area contributed by atoms with Crippen molar-refractivity contribution in [2.24, 2.45) is 5.41 Å². The quantitative estimate of drug-likeness (QED) is 0.738. The number of rotatable bonds is 4. The Morgan fingerprint density at radius 1 is 1.20 bits per heavy atom. The summed E-state index contributed by atoms with van der Waals surface area (Å²) in [6.45, 7) is 11.1. The molecule has 0 aliphatic carbocycles. The standard InChI is InChI=1S/C17H27ClN2/c1-5-17(6-2)7-9-20(10-8-17)16-15(12-18)13(3)11-14(4)19-16/h11H,5-10,12H2,1-4H3. The minimum atomic E-state index is 0.552. The number of aryl methyl sites for hydroxylation is 2. The Bertz CT molecular complexity index is 456. The van der Waals surface area contributed by atoms with Gasteiger partial charge >= 0.3 is 0 Å². The zero-order valence-corrected chi connectivity index (χ0v) is 14.1. The van der Waals surface area contributed by atoms with Crippen molar-refractivity contribution < 1.29 is 0 Å². The third-order valence-corrected chi connectivity index (χ3v) is 5.48. The lowest BCUT2D eigenvalue weighted by Gasteiger charge is -2.42. The molecule has 0 atom stereocenters. The molecule has 20 heavy (non-hydrogen) atoms. The highest BCUT2D eigenvalue weighted by molar-refractivity contribution is 6.17. The molecule has 1 fully saturated rings. The Morgan fingerprint density at radius 2 is 1.80 bits per heavy atom. The summed E-state index contributed by atoms with van der Waals surface area (Å²) in [6.07, 6.45) is 5.13. The second-order valence-corrected chi connectivity index (χ2v) is 6.48. The summed E-state index contributed by atoms with van der Waals surface area (Å²) >= 11 is 6.15. The average molecular weight is 295 g/mol. The monoisotopic (exact) mass is 294 g/mol. The average Bonchev–Trinajstić information content (AvgIpc) is 2.46. The van der Waals surface area contributed by atoms with Gasteiger partial charge in [0.1, 0.15) is 5.82 Å². The van der Waals surface area contributed by atoms with Crippen LogP contribution in [0.5, 0.6) is 0 Å². The van der Waals surface area contributed by atoms with Gasteiger partial charge in [-0.15, -0.1) is 11.6 Å². The van der Waals surface area contributed by atoms with Crippen LogP contribution in [0.15, 0.2) is 6.07 Å². The molecule has 1 aromatic heterocycles. The van der Waals surface area contributed by atoms with Crippen molar-refractivity contribution in [3.8, 4) is 0 Å². The molecule has 1 aliphatic rings. The van der Waals surface area contributed by atoms with E-state index in [0.29, 0.717) is 11.3 Å². The molecule has 1 aromatic rings. The van der Waals surface area contributed by atoms with Crippen LogP contribution >= 0.6 is 11.6 Å². The summed E-state index contributed by atoms with van der Waals surface area (Å²) < 4.78 is 0. The predicted octanol–water partition coefficient (Wildman–Crippen LogP) is 4.84. The SMILES string of the molecule is CCC1(CC)CCN(c2nc(C)cc(C)c2CCl)CC1. The molecular formula is C17H27ClN2. The van der Waals surface area contributed by atoms with Crippen molar-refractivity contribution in [1.29, 1.82) is 0 Å². The van der Waals surface area contributed by atoms with Crippen LogP contribution in [-0.2, 0) is 5.88 Å². The van der Waals surface area contributed by atoms with Gasteiger partial charge in [0.2, 0.25) is 0 Å². The van der Waals surface area contributed by atoms with Gasteiger partial charge in [0.15, 0.2) is 0 Å². The molecule has 1 aliphatic heterocycles. The molecule has 0 N–H and O–H groups in total. The number of alkyl halides is 1. The van der Waals surface area contributed by atoms with E-state index in [0.717, 1.165) is 24.6 Å². The number of hydrogen-bond donors (Lipinski definition) is 0. The third kappa shape index (κ3) is 2.95. The third-order valence-electron chi connectivity index (χ3n) is 5.21. The largest absolute Gasteiger partial charge is 0.356 e. The molecule has 0 saturated carbocycles. The number of halogens is 1. The maximum Gasteiger partial charge on any atom is 0.133 e. The van der Waals surface area contributed by atoms with Crippen LogP contribution in [0.4, 0.5) is 5.82 Å². The number of pyridine rings is 1. The summed E-state index contributed by atoms with van der Waals surface area (Å²) in [5.41, 5.74) is 4.12. The van der Waals surface area contributed by atoms with E-state index in [-0.39, 0.29) is 0 Å². The first-order valence-corrected chi connectivity index (χ1v) is 8.36. The molecule has 0 unspecified atom stereocenters. The normalized spacial score (nSPS) is 18.4. The smallest absolute Gasteiger partial charge is 0.133 e. The minimum Gasteiger partial charge on any atom is -0.356 e. The fourth-order valence-corrected chi connectivity index (χ4v) is 3.75. The Morgan fingerprint density at radius 3 is 2.30 bits per heavy atom. The van der Waals surface area contributed by atoms with Crippen LogP contribution < -0.4 is 4.90 Å². The summed E-state index contributed by atoms with van der Waals surface area (Å²) in [7, 11) is 0. The van der Waals surface area contributed by atoms with Gasteiger partial charge in [-0.3, -0.25) is 0 Å². The fraction of sp³-hybridized carbons (Fsp3) is 0.706. The van der Waals surface area contributed by atoms with Crippen LogP contribution in [0.1, 0.15) is 56.4 Å². The van der Waals surface area contributed by atoms with Crippen LogP contribution in [0.2, 0.25) is 0 Å². The van der Waals surface area contributed by atoms with Crippen molar-refractivity contribution in [2.45, 2.75) is 59.3 Å². The second kappa shape index (κ2) is 6.34. The van der Waals surface area contributed by atoms with Gasteiger partial charge in [-0.2, -0.15) is 0 Å². The highest BCUT2D eigenvalue weighted by Gasteiger charge is 2.32. The summed E-state index contributed by atoms with van der Waals surface area (Å²) in [5, 5.41) is 0. The highest BCUT2D eigenvalue weighted by Crippen LogP contribution is 2.39. The van der Waals surface area contributed by atoms with Gasteiger partial charge in [0.05, 0.1) is 5.88 Å². The minimum absolute atomic E-state index is 0.552. The Balaban J connectivity index is 2.22. The molecule has 0 spiro atoms. The summed E-state index contributed by atoms with van der Waals surface area (Å²) in [6, 6.07) is 2.13. The zero-order valence-electron chi connectivity index (χ0n) is 13.3. The van der Waals surface area contributed by atoms with Crippen LogP contribution in [0.3, 0.4) is 0 Å². The number of anilines is 1. The Hall–Kier alpha value is -0.760. The van der Waals surface area contributed by atoms with E-state index in [1.807, 2.05) is 0 Å². The van der Waals surface area contributed by atoms with E-state index in [1.54, 1.807) is 0 Å². The molecule has 0 bridgehead atoms. The van der Waals surface area contributed by atoms with Gasteiger partial charge in [0, 0.05) is 24.3 Å². The molecule has 0 amide bonds. The van der Waals surface area contributed by atoms with Crippen molar-refractivity contribution >= 4 is 17.4 Å². The zero-order chi connectivity index (χ0) is 14.8. The van der Waals surface area contributed by atoms with Gasteiger partial charge in [-0.25, -0.2) is 4.98 Å². The van der Waals surface area contributed by atoms with E-state index in [4.69, 9.17) is 16.6 Å². The van der Waals surface area contributed by atoms with E-state index in [9.17, 15) is 0 Å². The number of hydrogen-bond acceptors (Lipinski definition) is 2. The predicted molar refractivity (Wildman–Crippen MR) is 87.7 cm³/mol. The van der Waals surface area contributed by atoms with Gasteiger partial charge < -0.3 is 4.90 Å². The van der Waals surface area contributed by atoms with E-state index >= 15 is 0 Å². The van der Waals surface area contributed by atoms with Gasteiger partial charge in [-0.05, 0) is 43.7 Å². The second-order valence-electron chi connectivity index (χ2n) is 6.21. The first-order valence-electron chi connectivity index (χ1n) is 7.83. The number of nitrogens with zero attached hydrogens (tertiary/aromatic N) is 2. The van der Waals surface area contributed by atoms with Gasteiger partial charge in [0.25, 0.3) is 0 Å². The Kier molecular flexibility index (Phi) is 4.95. The maximum absolute atomic E-state index is 6.15. The molecule has 0 aromatic carbocycles. The van der Waals surface area contributed by atoms with Crippen LogP contribution in [0, 0.1) is 19.3 Å². The summed E-state index contributed by atoms with van der Waals surface area (Å²) in [4.78, 5) is 7.22. The van der Waals surface area contributed by atoms with Crippen molar-refractivity contribution in [1.82, 2.24) is 4.98 Å². The molecular weight excluding hydrogens is 268 g/mol. The molecule has 112 valence electrons. The van der Waals surface area contributed by atoms with Gasteiger partial charge in [-0.1, -0.05) is 26.7 Å². The lowest BCUT2D eigenvalue weighted by Crippen LogP contribution is -2.40. The maximum atomic E-state index is 6.15. The first-order chi connectivity index (χ1) is 9.55. The van der Waals surface area contributed by atoms with Crippen molar-refractivity contribution in [3.05, 3.63) is 22.9 Å². The topological polar surface area (TPSA) is 16.1 Å². The fourth-order valence-electron chi connectivity index (χ4n) is 3.42. The molecule has 0 radical (unpaired) electrons.